The van der Waals surface area contributed by atoms with Crippen LogP contribution in [0.2, 0.25) is 0 Å². The highest BCUT2D eigenvalue weighted by Crippen LogP contribution is 1.97. The Morgan fingerprint density at radius 1 is 1.05 bits per heavy atom. The van der Waals surface area contributed by atoms with Gasteiger partial charge in [0.05, 0.1) is 6.54 Å². The van der Waals surface area contributed by atoms with Crippen LogP contribution in [0.5, 0.6) is 0 Å². The van der Waals surface area contributed by atoms with Crippen molar-refractivity contribution in [1.82, 2.24) is 10.6 Å². The number of amides is 2. The Kier molecular flexibility index (Phi) is 6.08. The summed E-state index contributed by atoms with van der Waals surface area (Å²) >= 11 is 0. The standard InChI is InChI=1S/C13H16N2O4/c16-11(14-8-4-7-12(17)18)9-15-13(19)10-5-2-1-3-6-10/h1-3,5-6H,4,7-9H2,(H,14,16)(H,15,19)(H,17,18). The van der Waals surface area contributed by atoms with Crippen LogP contribution in [0, 0.1) is 0 Å². The normalized spacial score (nSPS) is 9.68. The lowest BCUT2D eigenvalue weighted by Crippen LogP contribution is -2.37. The summed E-state index contributed by atoms with van der Waals surface area (Å²) in [6.45, 7) is 0.160. The number of nitrogens with one attached hydrogen (secondary N) is 2. The highest BCUT2D eigenvalue weighted by Gasteiger charge is 2.07. The minimum atomic E-state index is -0.897. The molecule has 1 aromatic carbocycles. The van der Waals surface area contributed by atoms with Gasteiger partial charge in [-0.15, -0.1) is 0 Å². The predicted octanol–water partition coefficient (Wildman–Crippen LogP) is 0.397. The van der Waals surface area contributed by atoms with E-state index >= 15 is 0 Å². The van der Waals surface area contributed by atoms with Crippen LogP contribution in [-0.4, -0.2) is 36.0 Å². The van der Waals surface area contributed by atoms with Crippen LogP contribution in [0.1, 0.15) is 23.2 Å². The van der Waals surface area contributed by atoms with Crippen LogP contribution in [-0.2, 0) is 9.59 Å². The topological polar surface area (TPSA) is 95.5 Å². The molecule has 19 heavy (non-hydrogen) atoms. The number of hydrogen-bond acceptors (Lipinski definition) is 3. The number of carboxylic acids is 1. The SMILES string of the molecule is O=C(O)CCCNC(=O)CNC(=O)c1ccccc1. The number of aliphatic carboxylic acids is 1. The molecule has 0 heterocycles. The first kappa shape index (κ1) is 14.7. The Balaban J connectivity index is 2.20. The second-order valence-corrected chi connectivity index (χ2v) is 3.90. The fraction of sp³-hybridized carbons (Fsp3) is 0.308. The van der Waals surface area contributed by atoms with Gasteiger partial charge in [-0.2, -0.15) is 0 Å². The molecule has 0 saturated carbocycles. The molecule has 0 aliphatic rings. The average molecular weight is 264 g/mol. The van der Waals surface area contributed by atoms with Gasteiger partial charge in [0.25, 0.3) is 5.91 Å². The lowest BCUT2D eigenvalue weighted by Gasteiger charge is -2.06. The highest BCUT2D eigenvalue weighted by atomic mass is 16.4. The van der Waals surface area contributed by atoms with Crippen LogP contribution in [0.3, 0.4) is 0 Å². The summed E-state index contributed by atoms with van der Waals surface area (Å²) in [4.78, 5) is 33.2. The maximum atomic E-state index is 11.6. The Morgan fingerprint density at radius 3 is 2.37 bits per heavy atom. The molecular formula is C13H16N2O4. The van der Waals surface area contributed by atoms with Crippen molar-refractivity contribution >= 4 is 17.8 Å². The van der Waals surface area contributed by atoms with E-state index in [1.165, 1.54) is 0 Å². The van der Waals surface area contributed by atoms with Gasteiger partial charge >= 0.3 is 5.97 Å². The maximum Gasteiger partial charge on any atom is 0.303 e. The molecule has 0 atom stereocenters. The van der Waals surface area contributed by atoms with Crippen LogP contribution < -0.4 is 10.6 Å². The summed E-state index contributed by atoms with van der Waals surface area (Å²) in [6.07, 6.45) is 0.379. The molecule has 0 saturated heterocycles. The largest absolute Gasteiger partial charge is 0.481 e. The molecule has 0 fully saturated rings. The fourth-order valence-electron chi connectivity index (χ4n) is 1.38. The van der Waals surface area contributed by atoms with Crippen molar-refractivity contribution in [2.75, 3.05) is 13.1 Å². The Labute approximate surface area is 110 Å². The molecule has 6 heteroatoms. The monoisotopic (exact) mass is 264 g/mol. The van der Waals surface area contributed by atoms with Crippen LogP contribution in [0.15, 0.2) is 30.3 Å². The lowest BCUT2D eigenvalue weighted by atomic mass is 10.2. The van der Waals surface area contributed by atoms with E-state index in [4.69, 9.17) is 5.11 Å². The van der Waals surface area contributed by atoms with Gasteiger partial charge in [0.15, 0.2) is 0 Å². The first-order valence-corrected chi connectivity index (χ1v) is 5.91. The maximum absolute atomic E-state index is 11.6. The fourth-order valence-corrected chi connectivity index (χ4v) is 1.38. The molecule has 0 aliphatic carbocycles. The molecule has 3 N–H and O–H groups in total. The Hall–Kier alpha value is -2.37. The van der Waals surface area contributed by atoms with E-state index in [-0.39, 0.29) is 31.3 Å². The zero-order chi connectivity index (χ0) is 14.1. The van der Waals surface area contributed by atoms with E-state index in [2.05, 4.69) is 10.6 Å². The van der Waals surface area contributed by atoms with Gasteiger partial charge in [0, 0.05) is 18.5 Å². The molecule has 0 aliphatic heterocycles. The molecule has 2 amide bonds. The zero-order valence-corrected chi connectivity index (χ0v) is 10.4. The number of carbonyl (C=O) groups is 3. The molecule has 0 spiro atoms. The zero-order valence-electron chi connectivity index (χ0n) is 10.4. The van der Waals surface area contributed by atoms with Gasteiger partial charge in [-0.25, -0.2) is 0 Å². The van der Waals surface area contributed by atoms with Gasteiger partial charge in [0.2, 0.25) is 5.91 Å². The summed E-state index contributed by atoms with van der Waals surface area (Å²) in [5, 5.41) is 13.4. The molecule has 0 unspecified atom stereocenters. The first-order chi connectivity index (χ1) is 9.09. The first-order valence-electron chi connectivity index (χ1n) is 5.91. The predicted molar refractivity (Wildman–Crippen MR) is 68.7 cm³/mol. The molecule has 0 radical (unpaired) electrons. The Bertz CT molecular complexity index is 445. The lowest BCUT2D eigenvalue weighted by molar-refractivity contribution is -0.137. The van der Waals surface area contributed by atoms with Gasteiger partial charge in [-0.3, -0.25) is 14.4 Å². The minimum Gasteiger partial charge on any atom is -0.481 e. The van der Waals surface area contributed by atoms with Crippen molar-refractivity contribution in [2.45, 2.75) is 12.8 Å². The van der Waals surface area contributed by atoms with Gasteiger partial charge in [-0.1, -0.05) is 18.2 Å². The number of carboxylic acid groups (broad SMARTS) is 1. The van der Waals surface area contributed by atoms with Crippen molar-refractivity contribution in [3.63, 3.8) is 0 Å². The van der Waals surface area contributed by atoms with Gasteiger partial charge in [0.1, 0.15) is 0 Å². The average Bonchev–Trinajstić information content (AvgIpc) is 2.41. The van der Waals surface area contributed by atoms with Gasteiger partial charge < -0.3 is 15.7 Å². The van der Waals surface area contributed by atoms with E-state index in [1.807, 2.05) is 0 Å². The van der Waals surface area contributed by atoms with Crippen LogP contribution in [0.4, 0.5) is 0 Å². The quantitative estimate of drug-likeness (QED) is 0.621. The third-order valence-electron chi connectivity index (χ3n) is 2.34. The molecule has 1 rings (SSSR count). The second kappa shape index (κ2) is 7.86. The van der Waals surface area contributed by atoms with E-state index < -0.39 is 5.97 Å². The van der Waals surface area contributed by atoms with Crippen molar-refractivity contribution in [2.24, 2.45) is 0 Å². The molecule has 1 aromatic rings. The van der Waals surface area contributed by atoms with E-state index in [0.29, 0.717) is 12.0 Å². The minimum absolute atomic E-state index is 0.0106. The van der Waals surface area contributed by atoms with Crippen LogP contribution in [0.25, 0.3) is 0 Å². The summed E-state index contributed by atoms with van der Waals surface area (Å²) in [6, 6.07) is 8.58. The number of hydrogen-bond donors (Lipinski definition) is 3. The van der Waals surface area contributed by atoms with E-state index in [9.17, 15) is 14.4 Å². The smallest absolute Gasteiger partial charge is 0.303 e. The molecule has 0 aromatic heterocycles. The van der Waals surface area contributed by atoms with Crippen molar-refractivity contribution < 1.29 is 19.5 Å². The highest BCUT2D eigenvalue weighted by molar-refractivity contribution is 5.96. The molecule has 102 valence electrons. The Morgan fingerprint density at radius 2 is 1.74 bits per heavy atom. The summed E-state index contributed by atoms with van der Waals surface area (Å²) in [7, 11) is 0. The van der Waals surface area contributed by atoms with Crippen molar-refractivity contribution in [3.8, 4) is 0 Å². The third-order valence-corrected chi connectivity index (χ3v) is 2.34. The molecule has 6 nitrogen and oxygen atoms in total. The third kappa shape index (κ3) is 6.21. The van der Waals surface area contributed by atoms with E-state index in [1.54, 1.807) is 30.3 Å². The summed E-state index contributed by atoms with van der Waals surface area (Å²) in [5.74, 6) is -1.55. The molecule has 0 bridgehead atoms. The second-order valence-electron chi connectivity index (χ2n) is 3.90. The van der Waals surface area contributed by atoms with Gasteiger partial charge in [-0.05, 0) is 18.6 Å². The number of carbonyl (C=O) groups excluding carboxylic acids is 2. The summed E-state index contributed by atoms with van der Waals surface area (Å²) < 4.78 is 0. The van der Waals surface area contributed by atoms with Crippen LogP contribution >= 0.6 is 0 Å². The van der Waals surface area contributed by atoms with Crippen molar-refractivity contribution in [3.05, 3.63) is 35.9 Å². The van der Waals surface area contributed by atoms with E-state index in [0.717, 1.165) is 0 Å². The number of rotatable bonds is 7. The molecular weight excluding hydrogens is 248 g/mol. The summed E-state index contributed by atoms with van der Waals surface area (Å²) in [5.41, 5.74) is 0.487. The number of benzene rings is 1. The van der Waals surface area contributed by atoms with Crippen molar-refractivity contribution in [1.29, 1.82) is 0 Å².